The Balaban J connectivity index is 1.77. The molecule has 0 saturated carbocycles. The van der Waals surface area contributed by atoms with Gasteiger partial charge in [0, 0.05) is 13.1 Å². The van der Waals surface area contributed by atoms with Gasteiger partial charge < -0.3 is 10.1 Å². The van der Waals surface area contributed by atoms with E-state index >= 15 is 0 Å². The molecule has 2 rings (SSSR count). The first kappa shape index (κ1) is 17.6. The number of likely N-dealkylation sites (tertiary alicyclic amines) is 1. The van der Waals surface area contributed by atoms with Crippen LogP contribution in [0.5, 0.6) is 5.75 Å². The fourth-order valence-electron chi connectivity index (χ4n) is 2.67. The monoisotopic (exact) mass is 330 g/mol. The number of hydrogen-bond donors (Lipinski definition) is 1. The third-order valence-electron chi connectivity index (χ3n) is 3.98. The zero-order valence-corrected chi connectivity index (χ0v) is 13.0. The number of alkyl halides is 3. The van der Waals surface area contributed by atoms with Gasteiger partial charge in [-0.15, -0.1) is 0 Å². The van der Waals surface area contributed by atoms with Gasteiger partial charge in [0.2, 0.25) is 5.91 Å². The van der Waals surface area contributed by atoms with Crippen LogP contribution in [-0.2, 0) is 11.3 Å². The summed E-state index contributed by atoms with van der Waals surface area (Å²) in [4.78, 5) is 13.5. The largest absolute Gasteiger partial charge is 0.497 e. The molecule has 0 aliphatic carbocycles. The zero-order chi connectivity index (χ0) is 16.9. The first-order chi connectivity index (χ1) is 10.9. The van der Waals surface area contributed by atoms with Gasteiger partial charge in [0.25, 0.3) is 0 Å². The topological polar surface area (TPSA) is 41.6 Å². The van der Waals surface area contributed by atoms with Crippen molar-refractivity contribution in [1.82, 2.24) is 10.2 Å². The number of amides is 1. The van der Waals surface area contributed by atoms with E-state index in [9.17, 15) is 18.0 Å². The third-order valence-corrected chi connectivity index (χ3v) is 3.98. The Labute approximate surface area is 133 Å². The molecule has 1 N–H and O–H groups in total. The smallest absolute Gasteiger partial charge is 0.393 e. The summed E-state index contributed by atoms with van der Waals surface area (Å²) in [7, 11) is 1.57. The van der Waals surface area contributed by atoms with Crippen molar-refractivity contribution in [2.75, 3.05) is 26.7 Å². The number of nitrogens with one attached hydrogen (secondary N) is 1. The highest BCUT2D eigenvalue weighted by Gasteiger charge is 2.41. The van der Waals surface area contributed by atoms with Crippen molar-refractivity contribution in [3.05, 3.63) is 29.8 Å². The SMILES string of the molecule is COc1ccc(CNC(=O)CN2CCCC(C(F)(F)F)C2)cc1. The minimum absolute atomic E-state index is 0.00271. The Morgan fingerprint density at radius 3 is 2.65 bits per heavy atom. The molecular weight excluding hydrogens is 309 g/mol. The highest BCUT2D eigenvalue weighted by molar-refractivity contribution is 5.78. The summed E-state index contributed by atoms with van der Waals surface area (Å²) in [6, 6.07) is 7.25. The number of hydrogen-bond acceptors (Lipinski definition) is 3. The van der Waals surface area contributed by atoms with E-state index in [0.717, 1.165) is 11.3 Å². The zero-order valence-electron chi connectivity index (χ0n) is 13.0. The van der Waals surface area contributed by atoms with Crippen LogP contribution in [0.25, 0.3) is 0 Å². The summed E-state index contributed by atoms with van der Waals surface area (Å²) in [5.74, 6) is -0.860. The summed E-state index contributed by atoms with van der Waals surface area (Å²) in [5, 5.41) is 2.73. The minimum Gasteiger partial charge on any atom is -0.497 e. The third kappa shape index (κ3) is 5.42. The van der Waals surface area contributed by atoms with E-state index in [1.807, 2.05) is 12.1 Å². The number of carbonyl (C=O) groups excluding carboxylic acids is 1. The van der Waals surface area contributed by atoms with Gasteiger partial charge in [-0.1, -0.05) is 12.1 Å². The Morgan fingerprint density at radius 1 is 1.35 bits per heavy atom. The second-order valence-corrected chi connectivity index (χ2v) is 5.74. The molecule has 1 aromatic carbocycles. The van der Waals surface area contributed by atoms with Crippen LogP contribution in [0.2, 0.25) is 0 Å². The summed E-state index contributed by atoms with van der Waals surface area (Å²) in [5.41, 5.74) is 0.908. The lowest BCUT2D eigenvalue weighted by Crippen LogP contribution is -2.45. The summed E-state index contributed by atoms with van der Waals surface area (Å²) < 4.78 is 43.3. The first-order valence-corrected chi connectivity index (χ1v) is 7.57. The van der Waals surface area contributed by atoms with Crippen molar-refractivity contribution in [3.63, 3.8) is 0 Å². The van der Waals surface area contributed by atoms with Crippen LogP contribution < -0.4 is 10.1 Å². The number of benzene rings is 1. The number of piperidine rings is 1. The Kier molecular flexibility index (Phi) is 5.87. The Hall–Kier alpha value is -1.76. The molecule has 4 nitrogen and oxygen atoms in total. The molecule has 23 heavy (non-hydrogen) atoms. The quantitative estimate of drug-likeness (QED) is 0.902. The van der Waals surface area contributed by atoms with Gasteiger partial charge in [-0.3, -0.25) is 9.69 Å². The average Bonchev–Trinajstić information content (AvgIpc) is 2.53. The standard InChI is InChI=1S/C16H21F3N2O2/c1-23-14-6-4-12(5-7-14)9-20-15(22)11-21-8-2-3-13(10-21)16(17,18)19/h4-7,13H,2-3,8-11H2,1H3,(H,20,22). The first-order valence-electron chi connectivity index (χ1n) is 7.57. The van der Waals surface area contributed by atoms with Crippen LogP contribution in [-0.4, -0.2) is 43.7 Å². The van der Waals surface area contributed by atoms with Crippen LogP contribution >= 0.6 is 0 Å². The molecule has 1 atom stereocenters. The van der Waals surface area contributed by atoms with E-state index < -0.39 is 12.1 Å². The molecule has 1 fully saturated rings. The fourth-order valence-corrected chi connectivity index (χ4v) is 2.67. The van der Waals surface area contributed by atoms with Crippen LogP contribution in [0.15, 0.2) is 24.3 Å². The Morgan fingerprint density at radius 2 is 2.04 bits per heavy atom. The van der Waals surface area contributed by atoms with Crippen LogP contribution in [0.3, 0.4) is 0 Å². The molecule has 1 heterocycles. The second-order valence-electron chi connectivity index (χ2n) is 5.74. The van der Waals surface area contributed by atoms with Gasteiger partial charge in [-0.05, 0) is 37.1 Å². The summed E-state index contributed by atoms with van der Waals surface area (Å²) in [6.07, 6.45) is -3.57. The van der Waals surface area contributed by atoms with E-state index in [1.165, 1.54) is 0 Å². The van der Waals surface area contributed by atoms with Crippen LogP contribution in [0.1, 0.15) is 18.4 Å². The fraction of sp³-hybridized carbons (Fsp3) is 0.562. The van der Waals surface area contributed by atoms with Crippen molar-refractivity contribution in [2.24, 2.45) is 5.92 Å². The lowest BCUT2D eigenvalue weighted by molar-refractivity contribution is -0.187. The van der Waals surface area contributed by atoms with Crippen molar-refractivity contribution in [2.45, 2.75) is 25.6 Å². The molecular formula is C16H21F3N2O2. The average molecular weight is 330 g/mol. The number of rotatable bonds is 5. The van der Waals surface area contributed by atoms with Gasteiger partial charge in [-0.25, -0.2) is 0 Å². The van der Waals surface area contributed by atoms with E-state index in [2.05, 4.69) is 5.32 Å². The van der Waals surface area contributed by atoms with E-state index in [1.54, 1.807) is 24.1 Å². The highest BCUT2D eigenvalue weighted by atomic mass is 19.4. The van der Waals surface area contributed by atoms with Gasteiger partial charge in [-0.2, -0.15) is 13.2 Å². The molecule has 1 aliphatic heterocycles. The normalized spacial score (nSPS) is 19.4. The summed E-state index contributed by atoms with van der Waals surface area (Å²) in [6.45, 7) is 0.782. The second kappa shape index (κ2) is 7.68. The van der Waals surface area contributed by atoms with E-state index in [0.29, 0.717) is 19.5 Å². The molecule has 0 bridgehead atoms. The van der Waals surface area contributed by atoms with Crippen molar-refractivity contribution in [1.29, 1.82) is 0 Å². The number of carbonyl (C=O) groups is 1. The van der Waals surface area contributed by atoms with Crippen LogP contribution in [0, 0.1) is 5.92 Å². The Bertz CT molecular complexity index is 517. The lowest BCUT2D eigenvalue weighted by Gasteiger charge is -2.33. The van der Waals surface area contributed by atoms with Gasteiger partial charge in [0.15, 0.2) is 0 Å². The lowest BCUT2D eigenvalue weighted by atomic mass is 9.97. The highest BCUT2D eigenvalue weighted by Crippen LogP contribution is 2.32. The maximum atomic E-state index is 12.7. The van der Waals surface area contributed by atoms with E-state index in [-0.39, 0.29) is 25.4 Å². The van der Waals surface area contributed by atoms with Crippen molar-refractivity contribution < 1.29 is 22.7 Å². The maximum absolute atomic E-state index is 12.7. The molecule has 0 aromatic heterocycles. The predicted molar refractivity (Wildman–Crippen MR) is 80.1 cm³/mol. The molecule has 1 unspecified atom stereocenters. The molecule has 0 radical (unpaired) electrons. The molecule has 128 valence electrons. The van der Waals surface area contributed by atoms with Crippen molar-refractivity contribution >= 4 is 5.91 Å². The molecule has 0 spiro atoms. The predicted octanol–water partition coefficient (Wildman–Crippen LogP) is 2.59. The minimum atomic E-state index is -4.18. The number of methoxy groups -OCH3 is 1. The molecule has 1 aromatic rings. The molecule has 7 heteroatoms. The maximum Gasteiger partial charge on any atom is 0.393 e. The van der Waals surface area contributed by atoms with Crippen molar-refractivity contribution in [3.8, 4) is 5.75 Å². The number of nitrogens with zero attached hydrogens (tertiary/aromatic N) is 1. The van der Waals surface area contributed by atoms with E-state index in [4.69, 9.17) is 4.74 Å². The number of ether oxygens (including phenoxy) is 1. The summed E-state index contributed by atoms with van der Waals surface area (Å²) >= 11 is 0. The van der Waals surface area contributed by atoms with Gasteiger partial charge >= 0.3 is 6.18 Å². The molecule has 1 amide bonds. The number of halogens is 3. The van der Waals surface area contributed by atoms with Gasteiger partial charge in [0.1, 0.15) is 5.75 Å². The van der Waals surface area contributed by atoms with Gasteiger partial charge in [0.05, 0.1) is 19.6 Å². The van der Waals surface area contributed by atoms with Crippen LogP contribution in [0.4, 0.5) is 13.2 Å². The molecule has 1 aliphatic rings. The molecule has 1 saturated heterocycles.